The van der Waals surface area contributed by atoms with E-state index in [1.807, 2.05) is 0 Å². The summed E-state index contributed by atoms with van der Waals surface area (Å²) in [6.45, 7) is 6.72. The van der Waals surface area contributed by atoms with Gasteiger partial charge in [-0.15, -0.1) is 0 Å². The smallest absolute Gasteiger partial charge is 0.0387 e. The quantitative estimate of drug-likeness (QED) is 0.767. The fourth-order valence-corrected chi connectivity index (χ4v) is 2.20. The summed E-state index contributed by atoms with van der Waals surface area (Å²) < 4.78 is 0. The van der Waals surface area contributed by atoms with Crippen LogP contribution < -0.4 is 10.6 Å². The number of benzene rings is 1. The molecule has 0 amide bonds. The summed E-state index contributed by atoms with van der Waals surface area (Å²) in [5.74, 6) is 0.900. The van der Waals surface area contributed by atoms with Crippen LogP contribution in [0.3, 0.4) is 0 Å². The highest BCUT2D eigenvalue weighted by Gasteiger charge is 2.25. The number of nitrogen functional groups attached to an aromatic ring is 1. The lowest BCUT2D eigenvalue weighted by Gasteiger charge is -2.41. The Morgan fingerprint density at radius 3 is 2.73 bits per heavy atom. The summed E-state index contributed by atoms with van der Waals surface area (Å²) >= 11 is 0. The van der Waals surface area contributed by atoms with Gasteiger partial charge in [0, 0.05) is 24.5 Å². The molecule has 2 nitrogen and oxygen atoms in total. The van der Waals surface area contributed by atoms with Gasteiger partial charge in [-0.2, -0.15) is 0 Å². The van der Waals surface area contributed by atoms with Gasteiger partial charge in [-0.05, 0) is 37.0 Å². The average Bonchev–Trinajstić information content (AvgIpc) is 2.16. The Morgan fingerprint density at radius 2 is 2.13 bits per heavy atom. The van der Waals surface area contributed by atoms with Gasteiger partial charge in [0.2, 0.25) is 0 Å². The molecule has 0 aromatic heterocycles. The maximum Gasteiger partial charge on any atom is 0.0387 e. The molecular formula is C13H20N2. The van der Waals surface area contributed by atoms with Crippen molar-refractivity contribution >= 4 is 11.4 Å². The van der Waals surface area contributed by atoms with E-state index in [1.165, 1.54) is 37.2 Å². The molecule has 1 aliphatic rings. The molecule has 0 unspecified atom stereocenters. The van der Waals surface area contributed by atoms with Crippen LogP contribution in [0.5, 0.6) is 0 Å². The Morgan fingerprint density at radius 1 is 1.40 bits per heavy atom. The Kier molecular flexibility index (Phi) is 2.85. The zero-order chi connectivity index (χ0) is 10.8. The monoisotopic (exact) mass is 204 g/mol. The van der Waals surface area contributed by atoms with Crippen molar-refractivity contribution in [1.29, 1.82) is 0 Å². The van der Waals surface area contributed by atoms with E-state index in [0.717, 1.165) is 11.6 Å². The Balaban J connectivity index is 1.98. The molecule has 1 aromatic carbocycles. The highest BCUT2D eigenvalue weighted by atomic mass is 15.2. The van der Waals surface area contributed by atoms with Gasteiger partial charge in [0.25, 0.3) is 0 Å². The molecule has 0 atom stereocenters. The number of rotatable bonds is 3. The van der Waals surface area contributed by atoms with Gasteiger partial charge in [0.15, 0.2) is 0 Å². The van der Waals surface area contributed by atoms with Gasteiger partial charge < -0.3 is 10.6 Å². The van der Waals surface area contributed by atoms with E-state index in [0.29, 0.717) is 0 Å². The van der Waals surface area contributed by atoms with E-state index in [2.05, 4.69) is 36.9 Å². The zero-order valence-electron chi connectivity index (χ0n) is 9.66. The fourth-order valence-electron chi connectivity index (χ4n) is 2.20. The minimum Gasteiger partial charge on any atom is -0.398 e. The molecule has 1 aromatic rings. The number of anilines is 2. The molecule has 1 heterocycles. The normalized spacial score (nSPS) is 16.5. The first-order valence-electron chi connectivity index (χ1n) is 5.81. The van der Waals surface area contributed by atoms with E-state index >= 15 is 0 Å². The molecule has 82 valence electrons. The largest absolute Gasteiger partial charge is 0.398 e. The van der Waals surface area contributed by atoms with Crippen LogP contribution in [0, 0.1) is 12.8 Å². The van der Waals surface area contributed by atoms with E-state index in [9.17, 15) is 0 Å². The minimum atomic E-state index is 0.900. The van der Waals surface area contributed by atoms with Gasteiger partial charge in [-0.25, -0.2) is 0 Å². The standard InChI is InChI=1S/C13H20N2/c1-3-4-11-8-15(9-11)12-6-5-10(2)13(14)7-12/h5-7,11H,3-4,8-9,14H2,1-2H3. The highest BCUT2D eigenvalue weighted by Crippen LogP contribution is 2.29. The van der Waals surface area contributed by atoms with E-state index < -0.39 is 0 Å². The van der Waals surface area contributed by atoms with E-state index in [1.54, 1.807) is 0 Å². The Hall–Kier alpha value is -1.18. The number of hydrogen-bond donors (Lipinski definition) is 1. The van der Waals surface area contributed by atoms with Gasteiger partial charge in [-0.3, -0.25) is 0 Å². The molecule has 0 aliphatic carbocycles. The average molecular weight is 204 g/mol. The first kappa shape index (κ1) is 10.3. The second-order valence-corrected chi connectivity index (χ2v) is 4.60. The van der Waals surface area contributed by atoms with Crippen molar-refractivity contribution in [3.63, 3.8) is 0 Å². The summed E-state index contributed by atoms with van der Waals surface area (Å²) in [6.07, 6.45) is 2.66. The van der Waals surface area contributed by atoms with Crippen LogP contribution in [0.2, 0.25) is 0 Å². The van der Waals surface area contributed by atoms with Gasteiger partial charge >= 0.3 is 0 Å². The topological polar surface area (TPSA) is 29.3 Å². The fraction of sp³-hybridized carbons (Fsp3) is 0.538. The van der Waals surface area contributed by atoms with Crippen LogP contribution in [-0.4, -0.2) is 13.1 Å². The molecule has 1 saturated heterocycles. The number of hydrogen-bond acceptors (Lipinski definition) is 2. The third-order valence-electron chi connectivity index (χ3n) is 3.28. The van der Waals surface area contributed by atoms with Crippen LogP contribution in [0.4, 0.5) is 11.4 Å². The lowest BCUT2D eigenvalue weighted by Crippen LogP contribution is -2.46. The maximum atomic E-state index is 5.90. The van der Waals surface area contributed by atoms with E-state index in [-0.39, 0.29) is 0 Å². The molecule has 2 heteroatoms. The molecule has 15 heavy (non-hydrogen) atoms. The van der Waals surface area contributed by atoms with Crippen molar-refractivity contribution < 1.29 is 0 Å². The third-order valence-corrected chi connectivity index (χ3v) is 3.28. The summed E-state index contributed by atoms with van der Waals surface area (Å²) in [5.41, 5.74) is 9.27. The molecule has 2 rings (SSSR count). The van der Waals surface area contributed by atoms with Crippen LogP contribution in [-0.2, 0) is 0 Å². The molecule has 0 saturated carbocycles. The zero-order valence-corrected chi connectivity index (χ0v) is 9.66. The second kappa shape index (κ2) is 4.13. The van der Waals surface area contributed by atoms with Crippen molar-refractivity contribution in [1.82, 2.24) is 0 Å². The molecule has 1 aliphatic heterocycles. The minimum absolute atomic E-state index is 0.900. The number of aryl methyl sites for hydroxylation is 1. The summed E-state index contributed by atoms with van der Waals surface area (Å²) in [4.78, 5) is 2.41. The van der Waals surface area contributed by atoms with Crippen LogP contribution >= 0.6 is 0 Å². The molecular weight excluding hydrogens is 184 g/mol. The lowest BCUT2D eigenvalue weighted by atomic mass is 9.94. The maximum absolute atomic E-state index is 5.90. The third kappa shape index (κ3) is 2.09. The van der Waals surface area contributed by atoms with Crippen LogP contribution in [0.1, 0.15) is 25.3 Å². The predicted octanol–water partition coefficient (Wildman–Crippen LogP) is 2.81. The second-order valence-electron chi connectivity index (χ2n) is 4.60. The number of nitrogens with zero attached hydrogens (tertiary/aromatic N) is 1. The van der Waals surface area contributed by atoms with Crippen LogP contribution in [0.25, 0.3) is 0 Å². The van der Waals surface area contributed by atoms with Crippen LogP contribution in [0.15, 0.2) is 18.2 Å². The van der Waals surface area contributed by atoms with Gasteiger partial charge in [0.1, 0.15) is 0 Å². The molecule has 0 bridgehead atoms. The summed E-state index contributed by atoms with van der Waals surface area (Å²) in [7, 11) is 0. The molecule has 2 N–H and O–H groups in total. The predicted molar refractivity (Wildman–Crippen MR) is 66.2 cm³/mol. The summed E-state index contributed by atoms with van der Waals surface area (Å²) in [6, 6.07) is 6.38. The molecule has 0 spiro atoms. The van der Waals surface area contributed by atoms with Crippen molar-refractivity contribution in [3.05, 3.63) is 23.8 Å². The van der Waals surface area contributed by atoms with Crippen molar-refractivity contribution in [2.75, 3.05) is 23.7 Å². The lowest BCUT2D eigenvalue weighted by molar-refractivity contribution is 0.381. The Bertz CT molecular complexity index is 340. The van der Waals surface area contributed by atoms with Crippen molar-refractivity contribution in [2.45, 2.75) is 26.7 Å². The van der Waals surface area contributed by atoms with Crippen molar-refractivity contribution in [3.8, 4) is 0 Å². The van der Waals surface area contributed by atoms with Gasteiger partial charge in [0.05, 0.1) is 0 Å². The highest BCUT2D eigenvalue weighted by molar-refractivity contribution is 5.60. The molecule has 0 radical (unpaired) electrons. The Labute approximate surface area is 92.1 Å². The van der Waals surface area contributed by atoms with E-state index in [4.69, 9.17) is 5.73 Å². The summed E-state index contributed by atoms with van der Waals surface area (Å²) in [5, 5.41) is 0. The molecule has 1 fully saturated rings. The van der Waals surface area contributed by atoms with Crippen molar-refractivity contribution in [2.24, 2.45) is 5.92 Å². The number of nitrogens with two attached hydrogens (primary N) is 1. The van der Waals surface area contributed by atoms with Gasteiger partial charge in [-0.1, -0.05) is 19.4 Å². The first-order chi connectivity index (χ1) is 7.20. The SMILES string of the molecule is CCCC1CN(c2ccc(C)c(N)c2)C1. The first-order valence-corrected chi connectivity index (χ1v) is 5.81.